The number of carboxylic acid groups (broad SMARTS) is 1. The minimum atomic E-state index is -1.13. The molecule has 0 spiro atoms. The Kier molecular flexibility index (Phi) is 39.8. The third-order valence-electron chi connectivity index (χ3n) is 10.0. The molecule has 60 heavy (non-hydrogen) atoms. The summed E-state index contributed by atoms with van der Waals surface area (Å²) in [7, 11) is 5.39. The van der Waals surface area contributed by atoms with Crippen molar-refractivity contribution < 1.29 is 38.2 Å². The van der Waals surface area contributed by atoms with Crippen LogP contribution in [0.15, 0.2) is 85.1 Å². The van der Waals surface area contributed by atoms with Crippen molar-refractivity contribution in [1.82, 2.24) is 0 Å². The largest absolute Gasteiger partial charge is 0.544 e. The van der Waals surface area contributed by atoms with E-state index in [1.54, 1.807) is 21.1 Å². The van der Waals surface area contributed by atoms with Crippen LogP contribution in [0.4, 0.5) is 0 Å². The fourth-order valence-electron chi connectivity index (χ4n) is 6.43. The molecule has 0 radical (unpaired) electrons. The van der Waals surface area contributed by atoms with E-state index >= 15 is 0 Å². The summed E-state index contributed by atoms with van der Waals surface area (Å²) < 4.78 is 17.2. The van der Waals surface area contributed by atoms with Gasteiger partial charge in [0.25, 0.3) is 0 Å². The van der Waals surface area contributed by atoms with Crippen molar-refractivity contribution in [3.05, 3.63) is 85.1 Å². The van der Waals surface area contributed by atoms with Gasteiger partial charge in [0, 0.05) is 19.3 Å². The Labute approximate surface area is 367 Å². The van der Waals surface area contributed by atoms with Crippen molar-refractivity contribution in [2.45, 2.75) is 187 Å². The number of carboxylic acids is 1. The van der Waals surface area contributed by atoms with Crippen molar-refractivity contribution in [1.29, 1.82) is 0 Å². The van der Waals surface area contributed by atoms with Crippen molar-refractivity contribution >= 4 is 17.9 Å². The van der Waals surface area contributed by atoms with Gasteiger partial charge in [0.05, 0.1) is 40.3 Å². The van der Waals surface area contributed by atoms with Crippen molar-refractivity contribution in [2.75, 3.05) is 41.0 Å². The number of aliphatic carboxylic acids is 1. The first-order valence-electron chi connectivity index (χ1n) is 23.6. The van der Waals surface area contributed by atoms with E-state index in [0.29, 0.717) is 12.8 Å². The van der Waals surface area contributed by atoms with Crippen LogP contribution in [0.25, 0.3) is 0 Å². The van der Waals surface area contributed by atoms with E-state index in [0.717, 1.165) is 109 Å². The molecule has 0 aliphatic carbocycles. The summed E-state index contributed by atoms with van der Waals surface area (Å²) in [5.41, 5.74) is 0. The molecule has 8 heteroatoms. The van der Waals surface area contributed by atoms with E-state index in [9.17, 15) is 19.5 Å². The highest BCUT2D eigenvalue weighted by Gasteiger charge is 2.25. The Hall–Kier alpha value is -3.49. The Bertz CT molecular complexity index is 1250. The Morgan fingerprint density at radius 1 is 0.500 bits per heavy atom. The maximum absolute atomic E-state index is 12.8. The summed E-state index contributed by atoms with van der Waals surface area (Å²) in [6.45, 7) is 4.40. The average Bonchev–Trinajstić information content (AvgIpc) is 3.21. The highest BCUT2D eigenvalue weighted by atomic mass is 16.6. The number of hydrogen-bond acceptors (Lipinski definition) is 7. The second-order valence-corrected chi connectivity index (χ2v) is 16.6. The Balaban J connectivity index is 4.35. The van der Waals surface area contributed by atoms with Crippen LogP contribution in [0, 0.1) is 0 Å². The summed E-state index contributed by atoms with van der Waals surface area (Å²) in [5, 5.41) is 11.6. The molecule has 0 rings (SSSR count). The fraction of sp³-hybridized carbons (Fsp3) is 0.673. The number of carbonyl (C=O) groups excluding carboxylic acids is 3. The number of quaternary nitrogens is 1. The molecular formula is C52H87NO7. The lowest BCUT2D eigenvalue weighted by Crippen LogP contribution is -2.55. The topological polar surface area (TPSA) is 102 Å². The number of unbranched alkanes of at least 4 members (excludes halogenated alkanes) is 13. The van der Waals surface area contributed by atoms with Gasteiger partial charge in [0.1, 0.15) is 12.6 Å². The maximum Gasteiger partial charge on any atom is 0.306 e. The third kappa shape index (κ3) is 39.9. The molecule has 0 saturated carbocycles. The summed E-state index contributed by atoms with van der Waals surface area (Å²) >= 11 is 0. The van der Waals surface area contributed by atoms with Gasteiger partial charge in [0.2, 0.25) is 0 Å². The molecule has 0 aromatic heterocycles. The molecule has 2 unspecified atom stereocenters. The number of hydrogen-bond donors (Lipinski definition) is 0. The summed E-state index contributed by atoms with van der Waals surface area (Å²) in [6.07, 6.45) is 54.6. The summed E-state index contributed by atoms with van der Waals surface area (Å²) in [5.74, 6) is -1.77. The Morgan fingerprint density at radius 3 is 1.30 bits per heavy atom. The highest BCUT2D eigenvalue weighted by Crippen LogP contribution is 2.13. The van der Waals surface area contributed by atoms with Crippen LogP contribution in [0.3, 0.4) is 0 Å². The van der Waals surface area contributed by atoms with Crippen LogP contribution < -0.4 is 5.11 Å². The van der Waals surface area contributed by atoms with Gasteiger partial charge >= 0.3 is 11.9 Å². The molecule has 342 valence electrons. The smallest absolute Gasteiger partial charge is 0.306 e. The zero-order chi connectivity index (χ0) is 44.2. The van der Waals surface area contributed by atoms with Gasteiger partial charge in [-0.2, -0.15) is 0 Å². The molecule has 0 amide bonds. The standard InChI is InChI=1S/C52H87NO7/c1-6-8-10-12-14-16-18-20-22-24-25-26-27-29-31-33-35-37-39-41-43-51(55)60-48(46-58-45-44-49(52(56)57)53(3,4)5)47-59-50(54)42-40-38-36-34-32-30-28-23-21-19-17-15-13-11-9-7-2/h8-11,14-17,20-23,25-26,48-49H,6-7,12-13,18-19,24,27-47H2,1-5H3/b10-8+,11-9+,16-14+,17-15+,22-20+,23-21+,26-25+. The lowest BCUT2D eigenvalue weighted by molar-refractivity contribution is -0.889. The number of likely N-dealkylation sites (N-methyl/N-ethyl adjacent to an activating group) is 1. The second kappa shape index (κ2) is 42.2. The molecule has 8 nitrogen and oxygen atoms in total. The molecule has 0 bridgehead atoms. The molecular weight excluding hydrogens is 751 g/mol. The average molecular weight is 838 g/mol. The first-order valence-corrected chi connectivity index (χ1v) is 23.6. The van der Waals surface area contributed by atoms with Gasteiger partial charge in [-0.15, -0.1) is 0 Å². The van der Waals surface area contributed by atoms with Crippen molar-refractivity contribution in [3.63, 3.8) is 0 Å². The van der Waals surface area contributed by atoms with E-state index in [2.05, 4.69) is 98.9 Å². The molecule has 0 N–H and O–H groups in total. The quantitative estimate of drug-likeness (QED) is 0.0261. The van der Waals surface area contributed by atoms with E-state index in [1.807, 2.05) is 0 Å². The Morgan fingerprint density at radius 2 is 0.883 bits per heavy atom. The van der Waals surface area contributed by atoms with Crippen molar-refractivity contribution in [3.8, 4) is 0 Å². The third-order valence-corrected chi connectivity index (χ3v) is 10.0. The lowest BCUT2D eigenvalue weighted by Gasteiger charge is -2.34. The monoisotopic (exact) mass is 838 g/mol. The first kappa shape index (κ1) is 56.5. The van der Waals surface area contributed by atoms with Crippen LogP contribution in [0.2, 0.25) is 0 Å². The molecule has 0 aliphatic rings. The van der Waals surface area contributed by atoms with Gasteiger partial charge in [-0.1, -0.05) is 157 Å². The number of allylic oxidation sites excluding steroid dienone is 14. The second-order valence-electron chi connectivity index (χ2n) is 16.6. The van der Waals surface area contributed by atoms with Gasteiger partial charge in [-0.05, 0) is 83.5 Å². The van der Waals surface area contributed by atoms with Crippen LogP contribution in [0.5, 0.6) is 0 Å². The number of ether oxygens (including phenoxy) is 3. The van der Waals surface area contributed by atoms with E-state index in [1.165, 1.54) is 32.1 Å². The predicted octanol–water partition coefficient (Wildman–Crippen LogP) is 12.0. The minimum absolute atomic E-state index is 0.0272. The summed E-state index contributed by atoms with van der Waals surface area (Å²) in [4.78, 5) is 37.0. The van der Waals surface area contributed by atoms with E-state index in [-0.39, 0.29) is 42.7 Å². The number of esters is 2. The molecule has 2 atom stereocenters. The number of carbonyl (C=O) groups is 3. The van der Waals surface area contributed by atoms with E-state index < -0.39 is 18.1 Å². The molecule has 0 fully saturated rings. The molecule has 0 saturated heterocycles. The summed E-state index contributed by atoms with van der Waals surface area (Å²) in [6, 6.07) is -0.735. The van der Waals surface area contributed by atoms with Gasteiger partial charge < -0.3 is 28.6 Å². The molecule has 0 heterocycles. The fourth-order valence-corrected chi connectivity index (χ4v) is 6.43. The molecule has 0 aromatic carbocycles. The molecule has 0 aliphatic heterocycles. The number of nitrogens with zero attached hydrogens (tertiary/aromatic N) is 1. The highest BCUT2D eigenvalue weighted by molar-refractivity contribution is 5.70. The minimum Gasteiger partial charge on any atom is -0.544 e. The zero-order valence-electron chi connectivity index (χ0n) is 38.8. The van der Waals surface area contributed by atoms with Gasteiger partial charge in [0.15, 0.2) is 6.10 Å². The molecule has 0 aromatic rings. The van der Waals surface area contributed by atoms with Crippen LogP contribution in [0.1, 0.15) is 174 Å². The SMILES string of the molecule is CC/C=C/C/C=C/C/C=C/C/C=C/CCCCCCCCCC(=O)OC(COCCC(C(=O)[O-])[N+](C)(C)C)COC(=O)CCCCCCCC/C=C/C/C=C/C/C=C/CC. The number of rotatable bonds is 41. The van der Waals surface area contributed by atoms with Crippen molar-refractivity contribution in [2.24, 2.45) is 0 Å². The predicted molar refractivity (Wildman–Crippen MR) is 249 cm³/mol. The van der Waals surface area contributed by atoms with E-state index in [4.69, 9.17) is 14.2 Å². The zero-order valence-corrected chi connectivity index (χ0v) is 38.8. The first-order chi connectivity index (χ1) is 29.1. The van der Waals surface area contributed by atoms with Gasteiger partial charge in [-0.25, -0.2) is 0 Å². The normalized spacial score (nSPS) is 13.7. The maximum atomic E-state index is 12.8. The van der Waals surface area contributed by atoms with Gasteiger partial charge in [-0.3, -0.25) is 9.59 Å². The lowest BCUT2D eigenvalue weighted by atomic mass is 10.1. The van der Waals surface area contributed by atoms with Crippen LogP contribution >= 0.6 is 0 Å². The van der Waals surface area contributed by atoms with Crippen LogP contribution in [-0.2, 0) is 28.6 Å². The van der Waals surface area contributed by atoms with Crippen LogP contribution in [-0.4, -0.2) is 75.5 Å².